The Bertz CT molecular complexity index is 331. The molecular formula is C13H24N2O3. The fraction of sp³-hybridized carbons (Fsp3) is 0.846. The molecule has 0 aromatic heterocycles. The number of rotatable bonds is 3. The zero-order valence-electron chi connectivity index (χ0n) is 11.7. The number of carboxylic acids is 1. The largest absolute Gasteiger partial charge is 0.480 e. The van der Waals surface area contributed by atoms with Crippen molar-refractivity contribution in [1.29, 1.82) is 0 Å². The van der Waals surface area contributed by atoms with Gasteiger partial charge in [-0.15, -0.1) is 0 Å². The van der Waals surface area contributed by atoms with Gasteiger partial charge in [-0.05, 0) is 32.1 Å². The third-order valence-corrected chi connectivity index (χ3v) is 4.07. The third-order valence-electron chi connectivity index (χ3n) is 4.07. The highest BCUT2D eigenvalue weighted by molar-refractivity contribution is 5.85. The van der Waals surface area contributed by atoms with Gasteiger partial charge < -0.3 is 15.3 Å². The molecule has 104 valence electrons. The lowest BCUT2D eigenvalue weighted by molar-refractivity contribution is -0.143. The van der Waals surface area contributed by atoms with E-state index in [1.165, 1.54) is 13.8 Å². The summed E-state index contributed by atoms with van der Waals surface area (Å²) in [6, 6.07) is -0.277. The van der Waals surface area contributed by atoms with Gasteiger partial charge >= 0.3 is 12.0 Å². The summed E-state index contributed by atoms with van der Waals surface area (Å²) >= 11 is 0. The Balaban J connectivity index is 2.54. The molecule has 2 N–H and O–H groups in total. The second-order valence-corrected chi connectivity index (χ2v) is 6.01. The van der Waals surface area contributed by atoms with Crippen molar-refractivity contribution in [2.24, 2.45) is 5.41 Å². The quantitative estimate of drug-likeness (QED) is 0.812. The highest BCUT2D eigenvalue weighted by Crippen LogP contribution is 2.33. The van der Waals surface area contributed by atoms with Crippen LogP contribution < -0.4 is 5.32 Å². The van der Waals surface area contributed by atoms with E-state index < -0.39 is 11.5 Å². The summed E-state index contributed by atoms with van der Waals surface area (Å²) < 4.78 is 0. The van der Waals surface area contributed by atoms with E-state index in [0.29, 0.717) is 18.5 Å². The van der Waals surface area contributed by atoms with E-state index in [9.17, 15) is 9.59 Å². The summed E-state index contributed by atoms with van der Waals surface area (Å²) in [5.74, 6) is -1.02. The van der Waals surface area contributed by atoms with Gasteiger partial charge in [-0.3, -0.25) is 0 Å². The van der Waals surface area contributed by atoms with E-state index in [2.05, 4.69) is 19.2 Å². The van der Waals surface area contributed by atoms with Crippen molar-refractivity contribution in [1.82, 2.24) is 10.2 Å². The van der Waals surface area contributed by atoms with Crippen LogP contribution in [0.2, 0.25) is 0 Å². The van der Waals surface area contributed by atoms with Gasteiger partial charge in [0, 0.05) is 13.1 Å². The Morgan fingerprint density at radius 2 is 1.83 bits per heavy atom. The maximum Gasteiger partial charge on any atom is 0.328 e. The summed E-state index contributed by atoms with van der Waals surface area (Å²) in [7, 11) is 0. The van der Waals surface area contributed by atoms with Crippen LogP contribution in [0.15, 0.2) is 0 Å². The summed E-state index contributed by atoms with van der Waals surface area (Å²) in [4.78, 5) is 24.6. The van der Waals surface area contributed by atoms with Gasteiger partial charge in [0.25, 0.3) is 0 Å². The minimum absolute atomic E-state index is 0.277. The van der Waals surface area contributed by atoms with Gasteiger partial charge in [0.1, 0.15) is 5.54 Å². The molecule has 0 aromatic rings. The minimum atomic E-state index is -1.22. The normalized spacial score (nSPS) is 19.4. The Morgan fingerprint density at radius 1 is 1.33 bits per heavy atom. The molecular weight excluding hydrogens is 232 g/mol. The molecule has 0 bridgehead atoms. The number of aliphatic carboxylic acids is 1. The zero-order valence-corrected chi connectivity index (χ0v) is 11.7. The summed E-state index contributed by atoms with van der Waals surface area (Å²) in [6.07, 6.45) is 3.07. The van der Waals surface area contributed by atoms with E-state index in [1.54, 1.807) is 4.90 Å². The van der Waals surface area contributed by atoms with Crippen LogP contribution in [0, 0.1) is 5.41 Å². The van der Waals surface area contributed by atoms with Crippen molar-refractivity contribution in [2.45, 2.75) is 52.5 Å². The highest BCUT2D eigenvalue weighted by atomic mass is 16.4. The number of likely N-dealkylation sites (tertiary alicyclic amines) is 1. The number of hydrogen-bond acceptors (Lipinski definition) is 2. The molecule has 0 unspecified atom stereocenters. The van der Waals surface area contributed by atoms with Crippen LogP contribution in [-0.4, -0.2) is 40.6 Å². The third kappa shape index (κ3) is 3.37. The molecule has 1 aliphatic heterocycles. The lowest BCUT2D eigenvalue weighted by Crippen LogP contribution is -2.56. The molecule has 0 aromatic carbocycles. The molecule has 1 rings (SSSR count). The van der Waals surface area contributed by atoms with Crippen molar-refractivity contribution in [2.75, 3.05) is 13.1 Å². The molecule has 2 amide bonds. The zero-order chi connectivity index (χ0) is 14.0. The van der Waals surface area contributed by atoms with Crippen molar-refractivity contribution in [3.05, 3.63) is 0 Å². The molecule has 5 heteroatoms. The SMILES string of the molecule is CCC1(C)CCN(C(=O)NC(C)(C)C(=O)O)CC1. The van der Waals surface area contributed by atoms with Crippen LogP contribution in [-0.2, 0) is 4.79 Å². The Labute approximate surface area is 109 Å². The Hall–Kier alpha value is -1.26. The number of hydrogen-bond donors (Lipinski definition) is 2. The van der Waals surface area contributed by atoms with Crippen LogP contribution in [0.1, 0.15) is 47.0 Å². The van der Waals surface area contributed by atoms with Crippen LogP contribution in [0.25, 0.3) is 0 Å². The van der Waals surface area contributed by atoms with Crippen molar-refractivity contribution < 1.29 is 14.7 Å². The maximum absolute atomic E-state index is 12.0. The lowest BCUT2D eigenvalue weighted by Gasteiger charge is -2.39. The van der Waals surface area contributed by atoms with E-state index >= 15 is 0 Å². The van der Waals surface area contributed by atoms with Crippen LogP contribution in [0.4, 0.5) is 4.79 Å². The average molecular weight is 256 g/mol. The lowest BCUT2D eigenvalue weighted by atomic mass is 9.78. The number of carbonyl (C=O) groups is 2. The summed E-state index contributed by atoms with van der Waals surface area (Å²) in [5, 5.41) is 11.5. The first kappa shape index (κ1) is 14.8. The van der Waals surface area contributed by atoms with Crippen molar-refractivity contribution >= 4 is 12.0 Å². The maximum atomic E-state index is 12.0. The molecule has 1 heterocycles. The monoisotopic (exact) mass is 256 g/mol. The molecule has 5 nitrogen and oxygen atoms in total. The molecule has 0 saturated carbocycles. The molecule has 1 fully saturated rings. The Morgan fingerprint density at radius 3 is 2.22 bits per heavy atom. The fourth-order valence-electron chi connectivity index (χ4n) is 2.00. The smallest absolute Gasteiger partial charge is 0.328 e. The molecule has 0 aliphatic carbocycles. The van der Waals surface area contributed by atoms with Gasteiger partial charge in [-0.2, -0.15) is 0 Å². The van der Waals surface area contributed by atoms with E-state index in [0.717, 1.165) is 19.3 Å². The highest BCUT2D eigenvalue weighted by Gasteiger charge is 2.34. The number of nitrogens with zero attached hydrogens (tertiary/aromatic N) is 1. The van der Waals surface area contributed by atoms with Crippen LogP contribution in [0.5, 0.6) is 0 Å². The fourth-order valence-corrected chi connectivity index (χ4v) is 2.00. The van der Waals surface area contributed by atoms with Gasteiger partial charge in [0.2, 0.25) is 0 Å². The van der Waals surface area contributed by atoms with Gasteiger partial charge in [-0.25, -0.2) is 9.59 Å². The molecule has 0 atom stereocenters. The second kappa shape index (κ2) is 5.16. The predicted molar refractivity (Wildman–Crippen MR) is 69.5 cm³/mol. The second-order valence-electron chi connectivity index (χ2n) is 6.01. The Kier molecular flexibility index (Phi) is 4.24. The minimum Gasteiger partial charge on any atom is -0.480 e. The molecule has 18 heavy (non-hydrogen) atoms. The standard InChI is InChI=1S/C13H24N2O3/c1-5-13(4)6-8-15(9-7-13)11(18)14-12(2,3)10(16)17/h5-9H2,1-4H3,(H,14,18)(H,16,17). The first-order chi connectivity index (χ1) is 8.20. The van der Waals surface area contributed by atoms with Crippen LogP contribution in [0.3, 0.4) is 0 Å². The number of carboxylic acid groups (broad SMARTS) is 1. The van der Waals surface area contributed by atoms with E-state index in [1.807, 2.05) is 0 Å². The summed E-state index contributed by atoms with van der Waals surface area (Å²) in [6.45, 7) is 8.80. The number of urea groups is 1. The van der Waals surface area contributed by atoms with Gasteiger partial charge in [0.15, 0.2) is 0 Å². The number of nitrogens with one attached hydrogen (secondary N) is 1. The first-order valence-corrected chi connectivity index (χ1v) is 6.51. The van der Waals surface area contributed by atoms with E-state index in [4.69, 9.17) is 5.11 Å². The van der Waals surface area contributed by atoms with Crippen molar-refractivity contribution in [3.63, 3.8) is 0 Å². The molecule has 0 radical (unpaired) electrons. The molecule has 0 spiro atoms. The number of piperidine rings is 1. The van der Waals surface area contributed by atoms with Crippen LogP contribution >= 0.6 is 0 Å². The predicted octanol–water partition coefficient (Wildman–Crippen LogP) is 2.07. The summed E-state index contributed by atoms with van der Waals surface area (Å²) in [5.41, 5.74) is -0.901. The molecule has 1 saturated heterocycles. The van der Waals surface area contributed by atoms with Gasteiger partial charge in [-0.1, -0.05) is 20.3 Å². The first-order valence-electron chi connectivity index (χ1n) is 6.51. The topological polar surface area (TPSA) is 69.6 Å². The number of amides is 2. The van der Waals surface area contributed by atoms with E-state index in [-0.39, 0.29) is 6.03 Å². The van der Waals surface area contributed by atoms with Crippen molar-refractivity contribution in [3.8, 4) is 0 Å². The molecule has 1 aliphatic rings. The number of carbonyl (C=O) groups excluding carboxylic acids is 1. The van der Waals surface area contributed by atoms with Gasteiger partial charge in [0.05, 0.1) is 0 Å². The average Bonchev–Trinajstić information content (AvgIpc) is 2.29.